The number of piperazine rings is 1. The molecule has 0 unspecified atom stereocenters. The fourth-order valence-corrected chi connectivity index (χ4v) is 2.61. The second-order valence-corrected chi connectivity index (χ2v) is 5.23. The van der Waals surface area contributed by atoms with Gasteiger partial charge in [-0.05, 0) is 31.2 Å². The van der Waals surface area contributed by atoms with Gasteiger partial charge < -0.3 is 15.5 Å². The first kappa shape index (κ1) is 12.8. The number of hydrogen-bond donors (Lipinski definition) is 1. The molecule has 3 rings (SSSR count). The molecule has 0 saturated carbocycles. The van der Waals surface area contributed by atoms with Crippen molar-refractivity contribution in [3.05, 3.63) is 48.2 Å². The Morgan fingerprint density at radius 1 is 0.950 bits per heavy atom. The number of benzene rings is 1. The largest absolute Gasteiger partial charge is 0.396 e. The summed E-state index contributed by atoms with van der Waals surface area (Å²) in [6.07, 6.45) is 1.80. The van der Waals surface area contributed by atoms with Crippen LogP contribution in [0.1, 0.15) is 5.56 Å². The van der Waals surface area contributed by atoms with Gasteiger partial charge >= 0.3 is 0 Å². The average molecular weight is 268 g/mol. The SMILES string of the molecule is Cc1ccc(N2CCN(c3ncccc3N)CC2)cc1. The number of aryl methyl sites for hydroxylation is 1. The van der Waals surface area contributed by atoms with E-state index in [1.165, 1.54) is 11.3 Å². The number of aromatic nitrogens is 1. The lowest BCUT2D eigenvalue weighted by Crippen LogP contribution is -2.47. The molecule has 2 N–H and O–H groups in total. The summed E-state index contributed by atoms with van der Waals surface area (Å²) in [6.45, 7) is 6.02. The number of hydrogen-bond acceptors (Lipinski definition) is 4. The molecule has 20 heavy (non-hydrogen) atoms. The van der Waals surface area contributed by atoms with Gasteiger partial charge in [-0.25, -0.2) is 4.98 Å². The molecule has 0 radical (unpaired) electrons. The van der Waals surface area contributed by atoms with Gasteiger partial charge in [-0.15, -0.1) is 0 Å². The van der Waals surface area contributed by atoms with Crippen molar-refractivity contribution in [3.8, 4) is 0 Å². The van der Waals surface area contributed by atoms with Crippen molar-refractivity contribution in [2.45, 2.75) is 6.92 Å². The first-order valence-corrected chi connectivity index (χ1v) is 7.01. The summed E-state index contributed by atoms with van der Waals surface area (Å²) in [5, 5.41) is 0. The lowest BCUT2D eigenvalue weighted by Gasteiger charge is -2.37. The fraction of sp³-hybridized carbons (Fsp3) is 0.312. The first-order chi connectivity index (χ1) is 9.74. The molecule has 2 heterocycles. The molecule has 1 aromatic carbocycles. The summed E-state index contributed by atoms with van der Waals surface area (Å²) in [4.78, 5) is 9.07. The van der Waals surface area contributed by atoms with Crippen LogP contribution in [0.2, 0.25) is 0 Å². The quantitative estimate of drug-likeness (QED) is 0.907. The van der Waals surface area contributed by atoms with Crippen LogP contribution in [0.15, 0.2) is 42.6 Å². The zero-order valence-electron chi connectivity index (χ0n) is 11.8. The molecule has 0 amide bonds. The van der Waals surface area contributed by atoms with Gasteiger partial charge in [0.25, 0.3) is 0 Å². The smallest absolute Gasteiger partial charge is 0.151 e. The molecule has 104 valence electrons. The first-order valence-electron chi connectivity index (χ1n) is 7.01. The molecule has 2 aromatic rings. The van der Waals surface area contributed by atoms with Crippen LogP contribution in [0.25, 0.3) is 0 Å². The molecule has 4 nitrogen and oxygen atoms in total. The maximum Gasteiger partial charge on any atom is 0.151 e. The molecule has 0 bridgehead atoms. The van der Waals surface area contributed by atoms with Gasteiger partial charge in [0.15, 0.2) is 5.82 Å². The normalized spacial score (nSPS) is 15.4. The van der Waals surface area contributed by atoms with Crippen LogP contribution >= 0.6 is 0 Å². The third kappa shape index (κ3) is 2.54. The Balaban J connectivity index is 1.68. The molecule has 1 fully saturated rings. The highest BCUT2D eigenvalue weighted by atomic mass is 15.3. The standard InChI is InChI=1S/C16H20N4/c1-13-4-6-14(7-5-13)19-9-11-20(12-10-19)16-15(17)3-2-8-18-16/h2-8H,9-12,17H2,1H3. The van der Waals surface area contributed by atoms with E-state index in [0.29, 0.717) is 0 Å². The van der Waals surface area contributed by atoms with Crippen molar-refractivity contribution in [1.29, 1.82) is 0 Å². The molecule has 4 heteroatoms. The molecular weight excluding hydrogens is 248 g/mol. The van der Waals surface area contributed by atoms with E-state index in [0.717, 1.165) is 37.7 Å². The Kier molecular flexibility index (Phi) is 3.46. The van der Waals surface area contributed by atoms with E-state index in [-0.39, 0.29) is 0 Å². The summed E-state index contributed by atoms with van der Waals surface area (Å²) in [5.74, 6) is 0.913. The minimum absolute atomic E-state index is 0.760. The van der Waals surface area contributed by atoms with Crippen molar-refractivity contribution < 1.29 is 0 Å². The Labute approximate surface area is 119 Å². The summed E-state index contributed by atoms with van der Waals surface area (Å²) in [7, 11) is 0. The van der Waals surface area contributed by atoms with Crippen LogP contribution in [-0.2, 0) is 0 Å². The number of nitrogens with zero attached hydrogens (tertiary/aromatic N) is 3. The minimum Gasteiger partial charge on any atom is -0.396 e. The summed E-state index contributed by atoms with van der Waals surface area (Å²) < 4.78 is 0. The number of nitrogens with two attached hydrogens (primary N) is 1. The average Bonchev–Trinajstić information content (AvgIpc) is 2.49. The highest BCUT2D eigenvalue weighted by Gasteiger charge is 2.19. The van der Waals surface area contributed by atoms with E-state index in [1.807, 2.05) is 12.1 Å². The van der Waals surface area contributed by atoms with Gasteiger partial charge in [0.2, 0.25) is 0 Å². The van der Waals surface area contributed by atoms with Gasteiger partial charge in [0.1, 0.15) is 0 Å². The second kappa shape index (κ2) is 5.41. The maximum atomic E-state index is 6.00. The van der Waals surface area contributed by atoms with Gasteiger partial charge in [0.05, 0.1) is 5.69 Å². The lowest BCUT2D eigenvalue weighted by molar-refractivity contribution is 0.648. The molecule has 1 aliphatic rings. The van der Waals surface area contributed by atoms with Crippen molar-refractivity contribution in [2.75, 3.05) is 41.7 Å². The Morgan fingerprint density at radius 3 is 2.25 bits per heavy atom. The zero-order valence-corrected chi connectivity index (χ0v) is 11.8. The monoisotopic (exact) mass is 268 g/mol. The van der Waals surface area contributed by atoms with E-state index in [9.17, 15) is 0 Å². The van der Waals surface area contributed by atoms with Crippen molar-refractivity contribution in [1.82, 2.24) is 4.98 Å². The Bertz CT molecular complexity index is 571. The molecular formula is C16H20N4. The van der Waals surface area contributed by atoms with E-state index >= 15 is 0 Å². The number of pyridine rings is 1. The van der Waals surface area contributed by atoms with Gasteiger partial charge in [-0.1, -0.05) is 17.7 Å². The van der Waals surface area contributed by atoms with Crippen molar-refractivity contribution >= 4 is 17.2 Å². The van der Waals surface area contributed by atoms with Crippen molar-refractivity contribution in [2.24, 2.45) is 0 Å². The van der Waals surface area contributed by atoms with Gasteiger partial charge in [-0.2, -0.15) is 0 Å². The predicted octanol–water partition coefficient (Wildman–Crippen LogP) is 2.30. The topological polar surface area (TPSA) is 45.4 Å². The lowest BCUT2D eigenvalue weighted by atomic mass is 10.2. The highest BCUT2D eigenvalue weighted by Crippen LogP contribution is 2.23. The molecule has 0 spiro atoms. The Morgan fingerprint density at radius 2 is 1.60 bits per heavy atom. The van der Waals surface area contributed by atoms with Crippen LogP contribution < -0.4 is 15.5 Å². The number of anilines is 3. The molecule has 0 atom stereocenters. The summed E-state index contributed by atoms with van der Waals surface area (Å²) in [6, 6.07) is 12.5. The van der Waals surface area contributed by atoms with Gasteiger partial charge in [0, 0.05) is 38.1 Å². The van der Waals surface area contributed by atoms with E-state index in [4.69, 9.17) is 5.73 Å². The van der Waals surface area contributed by atoms with Crippen LogP contribution in [0.4, 0.5) is 17.2 Å². The molecule has 1 aliphatic heterocycles. The van der Waals surface area contributed by atoms with Crippen LogP contribution in [-0.4, -0.2) is 31.2 Å². The molecule has 1 aromatic heterocycles. The van der Waals surface area contributed by atoms with Crippen LogP contribution in [0.3, 0.4) is 0 Å². The van der Waals surface area contributed by atoms with Crippen LogP contribution in [0.5, 0.6) is 0 Å². The third-order valence-electron chi connectivity index (χ3n) is 3.80. The molecule has 0 aliphatic carbocycles. The molecule has 1 saturated heterocycles. The summed E-state index contributed by atoms with van der Waals surface area (Å²) in [5.41, 5.74) is 9.35. The van der Waals surface area contributed by atoms with E-state index < -0.39 is 0 Å². The van der Waals surface area contributed by atoms with Crippen LogP contribution in [0, 0.1) is 6.92 Å². The predicted molar refractivity (Wildman–Crippen MR) is 84.3 cm³/mol. The minimum atomic E-state index is 0.760. The second-order valence-electron chi connectivity index (χ2n) is 5.23. The maximum absolute atomic E-state index is 6.00. The highest BCUT2D eigenvalue weighted by molar-refractivity contribution is 5.63. The van der Waals surface area contributed by atoms with Gasteiger partial charge in [-0.3, -0.25) is 0 Å². The number of rotatable bonds is 2. The Hall–Kier alpha value is -2.23. The van der Waals surface area contributed by atoms with Crippen molar-refractivity contribution in [3.63, 3.8) is 0 Å². The van der Waals surface area contributed by atoms with E-state index in [1.54, 1.807) is 6.20 Å². The third-order valence-corrected chi connectivity index (χ3v) is 3.80. The summed E-state index contributed by atoms with van der Waals surface area (Å²) >= 11 is 0. The fourth-order valence-electron chi connectivity index (χ4n) is 2.61. The zero-order chi connectivity index (χ0) is 13.9. The van der Waals surface area contributed by atoms with E-state index in [2.05, 4.69) is 46.0 Å². The number of nitrogen functional groups attached to an aromatic ring is 1.